The summed E-state index contributed by atoms with van der Waals surface area (Å²) in [5.74, 6) is 0.604. The van der Waals surface area contributed by atoms with Crippen molar-refractivity contribution in [2.75, 3.05) is 12.4 Å². The molecule has 1 fully saturated rings. The molecule has 1 aromatic rings. The average Bonchev–Trinajstić information content (AvgIpc) is 3.04. The lowest BCUT2D eigenvalue weighted by Gasteiger charge is -2.38. The number of rotatable bonds is 8. The van der Waals surface area contributed by atoms with Crippen molar-refractivity contribution in [1.82, 2.24) is 15.0 Å². The highest BCUT2D eigenvalue weighted by Crippen LogP contribution is 2.28. The third-order valence-electron chi connectivity index (χ3n) is 3.71. The van der Waals surface area contributed by atoms with Crippen LogP contribution in [0.2, 0.25) is 0 Å². The fourth-order valence-electron chi connectivity index (χ4n) is 2.23. The molecule has 0 amide bonds. The summed E-state index contributed by atoms with van der Waals surface area (Å²) in [6.07, 6.45) is 1.77. The molecule has 0 spiro atoms. The second-order valence-corrected chi connectivity index (χ2v) is 6.70. The molecule has 2 heterocycles. The normalized spacial score (nSPS) is 31.0. The first-order valence-electron chi connectivity index (χ1n) is 7.96. The number of aliphatic hydroxyl groups is 3. The quantitative estimate of drug-likeness (QED) is 0.437. The minimum atomic E-state index is -1.19. The summed E-state index contributed by atoms with van der Waals surface area (Å²) >= 11 is 1.36. The van der Waals surface area contributed by atoms with Crippen LogP contribution in [0.25, 0.3) is 0 Å². The Bertz CT molecular complexity index is 527. The largest absolute Gasteiger partial charge is 0.388 e. The van der Waals surface area contributed by atoms with E-state index in [-0.39, 0.29) is 0 Å². The second-order valence-electron chi connectivity index (χ2n) is 5.57. The Labute approximate surface area is 145 Å². The van der Waals surface area contributed by atoms with E-state index in [1.165, 1.54) is 11.8 Å². The predicted octanol–water partition coefficient (Wildman–Crippen LogP) is -0.0685. The number of nitrogens with zero attached hydrogens (tertiary/aromatic N) is 3. The van der Waals surface area contributed by atoms with Gasteiger partial charge in [0.25, 0.3) is 0 Å². The number of ether oxygens (including phenoxy) is 2. The van der Waals surface area contributed by atoms with Crippen molar-refractivity contribution in [2.24, 2.45) is 0 Å². The van der Waals surface area contributed by atoms with E-state index in [1.54, 1.807) is 11.6 Å². The van der Waals surface area contributed by atoms with Crippen molar-refractivity contribution >= 4 is 11.8 Å². The van der Waals surface area contributed by atoms with Crippen molar-refractivity contribution in [2.45, 2.75) is 56.9 Å². The second kappa shape index (κ2) is 9.50. The van der Waals surface area contributed by atoms with Crippen LogP contribution in [0.3, 0.4) is 0 Å². The van der Waals surface area contributed by atoms with Crippen LogP contribution in [0, 0.1) is 0 Å². The molecule has 0 radical (unpaired) electrons. The molecule has 0 saturated carbocycles. The third kappa shape index (κ3) is 5.27. The van der Waals surface area contributed by atoms with Gasteiger partial charge in [0.1, 0.15) is 29.4 Å². The molecule has 0 aromatic carbocycles. The van der Waals surface area contributed by atoms with Crippen LogP contribution in [-0.2, 0) is 22.6 Å². The molecule has 0 aliphatic carbocycles. The smallest absolute Gasteiger partial charge is 0.132 e. The molecule has 24 heavy (non-hydrogen) atoms. The minimum Gasteiger partial charge on any atom is -0.388 e. The van der Waals surface area contributed by atoms with E-state index in [4.69, 9.17) is 9.47 Å². The number of hydrogen-bond acceptors (Lipinski definition) is 8. The van der Waals surface area contributed by atoms with E-state index in [1.807, 2.05) is 25.3 Å². The van der Waals surface area contributed by atoms with Gasteiger partial charge in [0.15, 0.2) is 0 Å². The fraction of sp³-hybridized carbons (Fsp3) is 0.733. The van der Waals surface area contributed by atoms with Gasteiger partial charge in [-0.05, 0) is 13.8 Å². The summed E-state index contributed by atoms with van der Waals surface area (Å²) in [6, 6.07) is 0. The van der Waals surface area contributed by atoms with Crippen LogP contribution in [0.4, 0.5) is 0 Å². The van der Waals surface area contributed by atoms with Gasteiger partial charge in [-0.15, -0.1) is 16.9 Å². The highest BCUT2D eigenvalue weighted by atomic mass is 32.2. The van der Waals surface area contributed by atoms with Gasteiger partial charge >= 0.3 is 0 Å². The maximum absolute atomic E-state index is 9.90. The topological polar surface area (TPSA) is 110 Å². The van der Waals surface area contributed by atoms with Crippen molar-refractivity contribution in [3.8, 4) is 0 Å². The van der Waals surface area contributed by atoms with Crippen molar-refractivity contribution < 1.29 is 24.8 Å². The number of hydrogen-bond donors (Lipinski definition) is 3. The third-order valence-corrected chi connectivity index (χ3v) is 4.81. The van der Waals surface area contributed by atoms with E-state index in [2.05, 4.69) is 10.3 Å². The Morgan fingerprint density at radius 2 is 2.08 bits per heavy atom. The maximum Gasteiger partial charge on any atom is 0.132 e. The maximum atomic E-state index is 9.90. The Morgan fingerprint density at radius 1 is 1.29 bits per heavy atom. The molecular weight excluding hydrogens is 334 g/mol. The summed E-state index contributed by atoms with van der Waals surface area (Å²) < 4.78 is 12.7. The summed E-state index contributed by atoms with van der Waals surface area (Å²) in [4.78, 5) is 0. The van der Waals surface area contributed by atoms with E-state index < -0.39 is 29.9 Å². The first kappa shape index (κ1) is 19.4. The zero-order chi connectivity index (χ0) is 17.5. The number of aromatic nitrogens is 3. The SMILES string of the molecule is CCn1cc(COC/C=C\CS[C@@H]2OC(C)[C@@H](O)C(O)C2O)nn1. The number of aryl methyl sites for hydroxylation is 1. The van der Waals surface area contributed by atoms with E-state index >= 15 is 0 Å². The van der Waals surface area contributed by atoms with Crippen LogP contribution in [0.5, 0.6) is 0 Å². The summed E-state index contributed by atoms with van der Waals surface area (Å²) in [5.41, 5.74) is 0.230. The lowest BCUT2D eigenvalue weighted by atomic mass is 10.0. The van der Waals surface area contributed by atoms with Crippen LogP contribution in [-0.4, -0.2) is 72.5 Å². The molecule has 1 aliphatic rings. The van der Waals surface area contributed by atoms with E-state index in [0.29, 0.717) is 19.0 Å². The predicted molar refractivity (Wildman–Crippen MR) is 89.3 cm³/mol. The highest BCUT2D eigenvalue weighted by Gasteiger charge is 2.41. The van der Waals surface area contributed by atoms with Gasteiger partial charge < -0.3 is 24.8 Å². The van der Waals surface area contributed by atoms with Gasteiger partial charge in [-0.1, -0.05) is 17.4 Å². The standard InChI is InChI=1S/C15H25N3O5S/c1-3-18-8-11(16-17-18)9-22-6-4-5-7-24-15-14(21)13(20)12(19)10(2)23-15/h4-5,8,10,12-15,19-21H,3,6-7,9H2,1-2H3/b5-4-/t10?,12-,13?,14?,15+/m1/s1. The average molecular weight is 359 g/mol. The van der Waals surface area contributed by atoms with Gasteiger partial charge in [-0.2, -0.15) is 0 Å². The van der Waals surface area contributed by atoms with Crippen LogP contribution < -0.4 is 0 Å². The zero-order valence-corrected chi connectivity index (χ0v) is 14.7. The molecule has 3 unspecified atom stereocenters. The fourth-order valence-corrected chi connectivity index (χ4v) is 3.28. The molecule has 136 valence electrons. The minimum absolute atomic E-state index is 0.406. The monoisotopic (exact) mass is 359 g/mol. The van der Waals surface area contributed by atoms with E-state index in [9.17, 15) is 15.3 Å². The van der Waals surface area contributed by atoms with Crippen molar-refractivity contribution in [1.29, 1.82) is 0 Å². The van der Waals surface area contributed by atoms with Crippen LogP contribution >= 0.6 is 11.8 Å². The van der Waals surface area contributed by atoms with Gasteiger partial charge in [0.2, 0.25) is 0 Å². The number of aliphatic hydroxyl groups excluding tert-OH is 3. The molecule has 9 heteroatoms. The van der Waals surface area contributed by atoms with Gasteiger partial charge in [-0.25, -0.2) is 0 Å². The van der Waals surface area contributed by atoms with Crippen LogP contribution in [0.15, 0.2) is 18.3 Å². The first-order chi connectivity index (χ1) is 11.5. The van der Waals surface area contributed by atoms with Crippen LogP contribution in [0.1, 0.15) is 19.5 Å². The molecule has 0 bridgehead atoms. The summed E-state index contributed by atoms with van der Waals surface area (Å²) in [7, 11) is 0. The summed E-state index contributed by atoms with van der Waals surface area (Å²) in [6.45, 7) is 5.30. The molecule has 1 aromatic heterocycles. The molecule has 3 N–H and O–H groups in total. The Morgan fingerprint density at radius 3 is 2.79 bits per heavy atom. The molecule has 5 atom stereocenters. The van der Waals surface area contributed by atoms with Gasteiger partial charge in [0, 0.05) is 12.3 Å². The van der Waals surface area contributed by atoms with Gasteiger partial charge in [0.05, 0.1) is 25.5 Å². The highest BCUT2D eigenvalue weighted by molar-refractivity contribution is 7.99. The Kier molecular flexibility index (Phi) is 7.66. The molecule has 8 nitrogen and oxygen atoms in total. The van der Waals surface area contributed by atoms with Crippen molar-refractivity contribution in [3.63, 3.8) is 0 Å². The lowest BCUT2D eigenvalue weighted by Crippen LogP contribution is -2.55. The zero-order valence-electron chi connectivity index (χ0n) is 13.9. The first-order valence-corrected chi connectivity index (χ1v) is 9.00. The molecular formula is C15H25N3O5S. The van der Waals surface area contributed by atoms with E-state index in [0.717, 1.165) is 12.2 Å². The molecule has 1 saturated heterocycles. The Hall–Kier alpha value is -0.970. The Balaban J connectivity index is 1.62. The molecule has 1 aliphatic heterocycles. The lowest BCUT2D eigenvalue weighted by molar-refractivity contribution is -0.192. The summed E-state index contributed by atoms with van der Waals surface area (Å²) in [5, 5.41) is 37.2. The molecule has 2 rings (SSSR count). The van der Waals surface area contributed by atoms with Crippen molar-refractivity contribution in [3.05, 3.63) is 24.0 Å². The van der Waals surface area contributed by atoms with Gasteiger partial charge in [-0.3, -0.25) is 4.68 Å². The number of thioether (sulfide) groups is 1.